The van der Waals surface area contributed by atoms with Gasteiger partial charge in [-0.15, -0.1) is 0 Å². The van der Waals surface area contributed by atoms with Crippen LogP contribution in [0, 0.1) is 0 Å². The van der Waals surface area contributed by atoms with E-state index in [2.05, 4.69) is 5.32 Å². The Labute approximate surface area is 96.2 Å². The molecule has 5 heteroatoms. The van der Waals surface area contributed by atoms with Gasteiger partial charge < -0.3 is 11.1 Å². The molecule has 4 nitrogen and oxygen atoms in total. The fourth-order valence-electron chi connectivity index (χ4n) is 1.57. The summed E-state index contributed by atoms with van der Waals surface area (Å²) in [4.78, 5) is 13.9. The third-order valence-corrected chi connectivity index (χ3v) is 2.85. The van der Waals surface area contributed by atoms with Crippen LogP contribution in [0.5, 0.6) is 0 Å². The van der Waals surface area contributed by atoms with Crippen molar-refractivity contribution in [1.82, 2.24) is 10.2 Å². The Balaban J connectivity index is 2.34. The standard InChI is InChI=1S/C10H19N3OS/c1-3-8(10(11)15)13(2)6-9(14)12-7-4-5-7/h7-8H,3-6H2,1-2H3,(H2,11,15)(H,12,14). The fourth-order valence-corrected chi connectivity index (χ4v) is 1.91. The van der Waals surface area contributed by atoms with E-state index in [9.17, 15) is 4.79 Å². The van der Waals surface area contributed by atoms with Crippen LogP contribution in [0.2, 0.25) is 0 Å². The van der Waals surface area contributed by atoms with Gasteiger partial charge in [-0.3, -0.25) is 9.69 Å². The van der Waals surface area contributed by atoms with Crippen molar-refractivity contribution >= 4 is 23.1 Å². The molecule has 1 rings (SSSR count). The normalized spacial score (nSPS) is 17.5. The molecule has 1 atom stereocenters. The van der Waals surface area contributed by atoms with E-state index in [1.807, 2.05) is 18.9 Å². The van der Waals surface area contributed by atoms with E-state index < -0.39 is 0 Å². The molecule has 0 bridgehead atoms. The van der Waals surface area contributed by atoms with Crippen LogP contribution in [0.3, 0.4) is 0 Å². The fraction of sp³-hybridized carbons (Fsp3) is 0.800. The molecule has 0 aromatic rings. The first-order valence-electron chi connectivity index (χ1n) is 5.33. The molecule has 0 aliphatic heterocycles. The van der Waals surface area contributed by atoms with Gasteiger partial charge in [-0.05, 0) is 26.3 Å². The van der Waals surface area contributed by atoms with Crippen molar-refractivity contribution in [3.8, 4) is 0 Å². The molecular formula is C10H19N3OS. The second kappa shape index (κ2) is 5.42. The number of likely N-dealkylation sites (N-methyl/N-ethyl adjacent to an activating group) is 1. The molecule has 1 aliphatic rings. The summed E-state index contributed by atoms with van der Waals surface area (Å²) in [5.41, 5.74) is 5.60. The minimum Gasteiger partial charge on any atom is -0.392 e. The highest BCUT2D eigenvalue weighted by Gasteiger charge is 2.25. The van der Waals surface area contributed by atoms with Crippen molar-refractivity contribution < 1.29 is 4.79 Å². The van der Waals surface area contributed by atoms with Crippen molar-refractivity contribution in [2.75, 3.05) is 13.6 Å². The third kappa shape index (κ3) is 4.13. The molecule has 1 fully saturated rings. The predicted octanol–water partition coefficient (Wildman–Crippen LogP) is 0.262. The van der Waals surface area contributed by atoms with Gasteiger partial charge in [-0.25, -0.2) is 0 Å². The number of nitrogens with two attached hydrogens (primary N) is 1. The third-order valence-electron chi connectivity index (χ3n) is 2.58. The molecule has 1 aliphatic carbocycles. The van der Waals surface area contributed by atoms with Crippen LogP contribution in [0.1, 0.15) is 26.2 Å². The average Bonchev–Trinajstić information content (AvgIpc) is 2.87. The number of amides is 1. The van der Waals surface area contributed by atoms with Gasteiger partial charge in [0.2, 0.25) is 5.91 Å². The van der Waals surface area contributed by atoms with Gasteiger partial charge in [-0.1, -0.05) is 19.1 Å². The summed E-state index contributed by atoms with van der Waals surface area (Å²) in [6.45, 7) is 2.38. The largest absolute Gasteiger partial charge is 0.392 e. The average molecular weight is 229 g/mol. The van der Waals surface area contributed by atoms with E-state index in [1.165, 1.54) is 0 Å². The number of rotatable bonds is 6. The highest BCUT2D eigenvalue weighted by atomic mass is 32.1. The molecule has 1 amide bonds. The lowest BCUT2D eigenvalue weighted by atomic mass is 10.2. The molecule has 1 saturated carbocycles. The van der Waals surface area contributed by atoms with E-state index >= 15 is 0 Å². The first-order valence-corrected chi connectivity index (χ1v) is 5.74. The van der Waals surface area contributed by atoms with E-state index in [4.69, 9.17) is 18.0 Å². The van der Waals surface area contributed by atoms with Gasteiger partial charge in [0.25, 0.3) is 0 Å². The molecule has 0 spiro atoms. The maximum Gasteiger partial charge on any atom is 0.234 e. The smallest absolute Gasteiger partial charge is 0.234 e. The molecule has 0 aromatic heterocycles. The summed E-state index contributed by atoms with van der Waals surface area (Å²) in [6, 6.07) is 0.431. The first-order chi connectivity index (χ1) is 7.04. The molecular weight excluding hydrogens is 210 g/mol. The van der Waals surface area contributed by atoms with Gasteiger partial charge in [0, 0.05) is 6.04 Å². The Kier molecular flexibility index (Phi) is 4.47. The minimum absolute atomic E-state index is 0.0185. The quantitative estimate of drug-likeness (QED) is 0.642. The second-order valence-corrected chi connectivity index (χ2v) is 4.55. The molecule has 15 heavy (non-hydrogen) atoms. The van der Waals surface area contributed by atoms with E-state index in [0.717, 1.165) is 19.3 Å². The summed E-state index contributed by atoms with van der Waals surface area (Å²) < 4.78 is 0. The van der Waals surface area contributed by atoms with Gasteiger partial charge in [0.1, 0.15) is 0 Å². The van der Waals surface area contributed by atoms with Crippen LogP contribution in [-0.4, -0.2) is 41.5 Å². The monoisotopic (exact) mass is 229 g/mol. The lowest BCUT2D eigenvalue weighted by Gasteiger charge is -2.25. The predicted molar refractivity (Wildman–Crippen MR) is 64.7 cm³/mol. The lowest BCUT2D eigenvalue weighted by molar-refractivity contribution is -0.122. The van der Waals surface area contributed by atoms with Crippen molar-refractivity contribution in [2.24, 2.45) is 5.73 Å². The van der Waals surface area contributed by atoms with Crippen molar-refractivity contribution in [1.29, 1.82) is 0 Å². The molecule has 3 N–H and O–H groups in total. The summed E-state index contributed by atoms with van der Waals surface area (Å²) in [5, 5.41) is 2.94. The topological polar surface area (TPSA) is 58.4 Å². The van der Waals surface area contributed by atoms with E-state index in [-0.39, 0.29) is 11.9 Å². The SMILES string of the molecule is CCC(C(N)=S)N(C)CC(=O)NC1CC1. The van der Waals surface area contributed by atoms with Crippen LogP contribution < -0.4 is 11.1 Å². The maximum absolute atomic E-state index is 11.5. The van der Waals surface area contributed by atoms with Gasteiger partial charge >= 0.3 is 0 Å². The van der Waals surface area contributed by atoms with Crippen LogP contribution in [0.25, 0.3) is 0 Å². The minimum atomic E-state index is 0.0185. The zero-order valence-corrected chi connectivity index (χ0v) is 10.1. The first kappa shape index (κ1) is 12.4. The molecule has 0 radical (unpaired) electrons. The molecule has 0 aromatic carbocycles. The van der Waals surface area contributed by atoms with Gasteiger partial charge in [-0.2, -0.15) is 0 Å². The summed E-state index contributed by atoms with van der Waals surface area (Å²) in [5.74, 6) is 0.0645. The van der Waals surface area contributed by atoms with Crippen molar-refractivity contribution in [3.63, 3.8) is 0 Å². The van der Waals surface area contributed by atoms with Crippen LogP contribution in [-0.2, 0) is 4.79 Å². The number of carbonyl (C=O) groups excluding carboxylic acids is 1. The zero-order valence-electron chi connectivity index (χ0n) is 9.32. The zero-order chi connectivity index (χ0) is 11.4. The Bertz CT molecular complexity index is 253. The highest BCUT2D eigenvalue weighted by molar-refractivity contribution is 7.80. The Hall–Kier alpha value is -0.680. The number of thiocarbonyl (C=S) groups is 1. The summed E-state index contributed by atoms with van der Waals surface area (Å²) >= 11 is 4.95. The highest BCUT2D eigenvalue weighted by Crippen LogP contribution is 2.18. The summed E-state index contributed by atoms with van der Waals surface area (Å²) in [6.07, 6.45) is 3.06. The molecule has 0 heterocycles. The van der Waals surface area contributed by atoms with Gasteiger partial charge in [0.05, 0.1) is 17.6 Å². The van der Waals surface area contributed by atoms with Gasteiger partial charge in [0.15, 0.2) is 0 Å². The second-order valence-electron chi connectivity index (χ2n) is 4.08. The van der Waals surface area contributed by atoms with Crippen LogP contribution >= 0.6 is 12.2 Å². The molecule has 1 unspecified atom stereocenters. The number of hydrogen-bond acceptors (Lipinski definition) is 3. The van der Waals surface area contributed by atoms with Crippen molar-refractivity contribution in [3.05, 3.63) is 0 Å². The molecule has 0 saturated heterocycles. The number of nitrogens with one attached hydrogen (secondary N) is 1. The van der Waals surface area contributed by atoms with E-state index in [0.29, 0.717) is 17.6 Å². The van der Waals surface area contributed by atoms with Crippen LogP contribution in [0.4, 0.5) is 0 Å². The number of nitrogens with zero attached hydrogens (tertiary/aromatic N) is 1. The number of hydrogen-bond donors (Lipinski definition) is 2. The van der Waals surface area contributed by atoms with E-state index in [1.54, 1.807) is 0 Å². The Morgan fingerprint density at radius 3 is 2.67 bits per heavy atom. The lowest BCUT2D eigenvalue weighted by Crippen LogP contribution is -2.46. The number of carbonyl (C=O) groups is 1. The molecule has 86 valence electrons. The maximum atomic E-state index is 11.5. The summed E-state index contributed by atoms with van der Waals surface area (Å²) in [7, 11) is 1.87. The Morgan fingerprint density at radius 1 is 1.67 bits per heavy atom. The Morgan fingerprint density at radius 2 is 2.27 bits per heavy atom. The van der Waals surface area contributed by atoms with Crippen LogP contribution in [0.15, 0.2) is 0 Å². The van der Waals surface area contributed by atoms with Crippen molar-refractivity contribution in [2.45, 2.75) is 38.3 Å².